The van der Waals surface area contributed by atoms with E-state index in [4.69, 9.17) is 0 Å². The molecule has 1 aromatic carbocycles. The van der Waals surface area contributed by atoms with Crippen LogP contribution in [0.1, 0.15) is 43.2 Å². The molecule has 4 rings (SSSR count). The van der Waals surface area contributed by atoms with E-state index in [0.29, 0.717) is 5.54 Å². The fourth-order valence-corrected chi connectivity index (χ4v) is 4.68. The number of benzene rings is 1. The summed E-state index contributed by atoms with van der Waals surface area (Å²) >= 11 is 0. The minimum Gasteiger partial charge on any atom is -0.309 e. The minimum atomic E-state index is 0.467. The predicted molar refractivity (Wildman–Crippen MR) is 83.0 cm³/mol. The van der Waals surface area contributed by atoms with Gasteiger partial charge in [0.2, 0.25) is 0 Å². The molecule has 0 aromatic heterocycles. The maximum absolute atomic E-state index is 3.84. The zero-order valence-electron chi connectivity index (χ0n) is 12.4. The van der Waals surface area contributed by atoms with Gasteiger partial charge >= 0.3 is 0 Å². The summed E-state index contributed by atoms with van der Waals surface area (Å²) in [6.45, 7) is 3.73. The summed E-state index contributed by atoms with van der Waals surface area (Å²) in [5.41, 5.74) is 3.66. The molecule has 3 aliphatic rings. The van der Waals surface area contributed by atoms with Gasteiger partial charge in [0.1, 0.15) is 0 Å². The van der Waals surface area contributed by atoms with E-state index in [0.717, 1.165) is 6.04 Å². The van der Waals surface area contributed by atoms with Gasteiger partial charge in [-0.3, -0.25) is 4.90 Å². The maximum atomic E-state index is 3.84. The van der Waals surface area contributed by atoms with Crippen LogP contribution in [0.3, 0.4) is 0 Å². The minimum absolute atomic E-state index is 0.467. The van der Waals surface area contributed by atoms with Crippen LogP contribution in [0.2, 0.25) is 0 Å². The highest BCUT2D eigenvalue weighted by Gasteiger charge is 2.39. The topological polar surface area (TPSA) is 15.3 Å². The number of fused-ring (bicyclic) bond motifs is 1. The van der Waals surface area contributed by atoms with Crippen molar-refractivity contribution in [3.05, 3.63) is 35.4 Å². The highest BCUT2D eigenvalue weighted by atomic mass is 15.2. The van der Waals surface area contributed by atoms with Gasteiger partial charge in [-0.15, -0.1) is 0 Å². The van der Waals surface area contributed by atoms with Crippen LogP contribution in [0.15, 0.2) is 24.3 Å². The quantitative estimate of drug-likeness (QED) is 0.844. The van der Waals surface area contributed by atoms with Crippen molar-refractivity contribution in [2.24, 2.45) is 0 Å². The van der Waals surface area contributed by atoms with Crippen molar-refractivity contribution < 1.29 is 0 Å². The monoisotopic (exact) mass is 270 g/mol. The van der Waals surface area contributed by atoms with Gasteiger partial charge in [0.25, 0.3) is 0 Å². The van der Waals surface area contributed by atoms with E-state index in [1.807, 2.05) is 0 Å². The van der Waals surface area contributed by atoms with Crippen LogP contribution < -0.4 is 5.32 Å². The highest BCUT2D eigenvalue weighted by Crippen LogP contribution is 2.34. The molecule has 1 N–H and O–H groups in total. The smallest absolute Gasteiger partial charge is 0.0309 e. The van der Waals surface area contributed by atoms with Gasteiger partial charge in [-0.1, -0.05) is 37.1 Å². The lowest BCUT2D eigenvalue weighted by molar-refractivity contribution is 0.0868. The van der Waals surface area contributed by atoms with Gasteiger partial charge in [-0.2, -0.15) is 0 Å². The van der Waals surface area contributed by atoms with Crippen molar-refractivity contribution in [2.75, 3.05) is 19.6 Å². The maximum Gasteiger partial charge on any atom is 0.0309 e. The molecule has 1 atom stereocenters. The van der Waals surface area contributed by atoms with E-state index in [1.54, 1.807) is 11.1 Å². The zero-order valence-corrected chi connectivity index (χ0v) is 12.4. The van der Waals surface area contributed by atoms with Crippen LogP contribution in [0.5, 0.6) is 0 Å². The third-order valence-electron chi connectivity index (χ3n) is 5.80. The second kappa shape index (κ2) is 5.16. The van der Waals surface area contributed by atoms with Crippen molar-refractivity contribution in [3.8, 4) is 0 Å². The predicted octanol–water partition coefficient (Wildman–Crippen LogP) is 2.76. The van der Waals surface area contributed by atoms with E-state index in [2.05, 4.69) is 34.5 Å². The molecule has 1 saturated carbocycles. The average Bonchev–Trinajstić information content (AvgIpc) is 2.94. The summed E-state index contributed by atoms with van der Waals surface area (Å²) in [6.07, 6.45) is 9.54. The van der Waals surface area contributed by atoms with Crippen LogP contribution in [0.25, 0.3) is 0 Å². The molecule has 108 valence electrons. The van der Waals surface area contributed by atoms with Crippen molar-refractivity contribution in [1.29, 1.82) is 0 Å². The second-order valence-electron chi connectivity index (χ2n) is 7.05. The summed E-state index contributed by atoms with van der Waals surface area (Å²) in [5.74, 6) is 0. The summed E-state index contributed by atoms with van der Waals surface area (Å²) in [5, 5.41) is 3.84. The van der Waals surface area contributed by atoms with Crippen molar-refractivity contribution >= 4 is 0 Å². The lowest BCUT2D eigenvalue weighted by atomic mass is 9.85. The van der Waals surface area contributed by atoms with Crippen LogP contribution in [-0.4, -0.2) is 36.1 Å². The van der Waals surface area contributed by atoms with E-state index in [9.17, 15) is 0 Å². The van der Waals surface area contributed by atoms with Crippen LogP contribution >= 0.6 is 0 Å². The van der Waals surface area contributed by atoms with Crippen LogP contribution in [0.4, 0.5) is 0 Å². The molecule has 2 fully saturated rings. The molecule has 2 heteroatoms. The molecular weight excluding hydrogens is 244 g/mol. The Kier molecular flexibility index (Phi) is 3.31. The molecule has 20 heavy (non-hydrogen) atoms. The van der Waals surface area contributed by atoms with E-state index < -0.39 is 0 Å². The second-order valence-corrected chi connectivity index (χ2v) is 7.05. The first-order valence-electron chi connectivity index (χ1n) is 8.41. The lowest BCUT2D eigenvalue weighted by Crippen LogP contribution is -2.61. The first kappa shape index (κ1) is 12.8. The van der Waals surface area contributed by atoms with Crippen molar-refractivity contribution in [1.82, 2.24) is 10.2 Å². The molecule has 0 amide bonds. The number of hydrogen-bond acceptors (Lipinski definition) is 2. The fraction of sp³-hybridized carbons (Fsp3) is 0.667. The Hall–Kier alpha value is -0.860. The summed E-state index contributed by atoms with van der Waals surface area (Å²) < 4.78 is 0. The van der Waals surface area contributed by atoms with Crippen LogP contribution in [0, 0.1) is 0 Å². The number of nitrogens with zero attached hydrogens (tertiary/aromatic N) is 1. The molecule has 0 bridgehead atoms. The summed E-state index contributed by atoms with van der Waals surface area (Å²) in [6, 6.07) is 9.84. The fourth-order valence-electron chi connectivity index (χ4n) is 4.68. The van der Waals surface area contributed by atoms with Gasteiger partial charge < -0.3 is 5.32 Å². The molecule has 1 aromatic rings. The molecule has 0 radical (unpaired) electrons. The van der Waals surface area contributed by atoms with Gasteiger partial charge in [0.15, 0.2) is 0 Å². The summed E-state index contributed by atoms with van der Waals surface area (Å²) in [4.78, 5) is 2.80. The molecule has 2 nitrogen and oxygen atoms in total. The van der Waals surface area contributed by atoms with Crippen molar-refractivity contribution in [3.63, 3.8) is 0 Å². The van der Waals surface area contributed by atoms with Crippen LogP contribution in [-0.2, 0) is 12.8 Å². The normalized spacial score (nSPS) is 29.5. The number of nitrogens with one attached hydrogen (secondary N) is 1. The lowest BCUT2D eigenvalue weighted by Gasteiger charge is -2.46. The molecule has 1 heterocycles. The number of rotatable bonds is 1. The first-order valence-corrected chi connectivity index (χ1v) is 8.41. The molecule has 2 aliphatic carbocycles. The Morgan fingerprint density at radius 2 is 1.90 bits per heavy atom. The first-order chi connectivity index (χ1) is 9.85. The van der Waals surface area contributed by atoms with Gasteiger partial charge in [-0.05, 0) is 43.2 Å². The molecule has 1 unspecified atom stereocenters. The van der Waals surface area contributed by atoms with E-state index in [-0.39, 0.29) is 0 Å². The van der Waals surface area contributed by atoms with Gasteiger partial charge in [-0.25, -0.2) is 0 Å². The largest absolute Gasteiger partial charge is 0.309 e. The third-order valence-corrected chi connectivity index (χ3v) is 5.80. The number of piperazine rings is 1. The molecular formula is C18H26N2. The molecule has 1 spiro atoms. The Balaban J connectivity index is 1.48. The highest BCUT2D eigenvalue weighted by molar-refractivity contribution is 5.30. The Morgan fingerprint density at radius 1 is 1.10 bits per heavy atom. The Bertz CT molecular complexity index is 476. The Labute approximate surface area is 122 Å². The van der Waals surface area contributed by atoms with E-state index >= 15 is 0 Å². The standard InChI is InChI=1S/C18H26N2/c1-2-6-16-13-17(8-7-15(16)5-1)20-12-11-19-18(14-20)9-3-4-10-18/h1-2,5-6,17,19H,3-4,7-14H2. The number of hydrogen-bond donors (Lipinski definition) is 1. The van der Waals surface area contributed by atoms with Gasteiger partial charge in [0.05, 0.1) is 0 Å². The summed E-state index contributed by atoms with van der Waals surface area (Å²) in [7, 11) is 0. The number of aryl methyl sites for hydroxylation is 1. The SMILES string of the molecule is c1ccc2c(c1)CCC(N1CCNC3(CCCC3)C1)C2. The van der Waals surface area contributed by atoms with Crippen molar-refractivity contribution in [2.45, 2.75) is 56.5 Å². The third kappa shape index (κ3) is 2.29. The average molecular weight is 270 g/mol. The molecule has 1 saturated heterocycles. The molecule has 1 aliphatic heterocycles. The van der Waals surface area contributed by atoms with Gasteiger partial charge in [0, 0.05) is 31.2 Å². The zero-order chi connectivity index (χ0) is 13.4. The Morgan fingerprint density at radius 3 is 2.75 bits per heavy atom. The van der Waals surface area contributed by atoms with E-state index in [1.165, 1.54) is 64.6 Å².